The van der Waals surface area contributed by atoms with E-state index in [1.54, 1.807) is 6.20 Å². The maximum atomic E-state index is 12.8. The lowest BCUT2D eigenvalue weighted by atomic mass is 10.1. The Balaban J connectivity index is 1.41. The van der Waals surface area contributed by atoms with Gasteiger partial charge in [-0.25, -0.2) is 4.98 Å². The topological polar surface area (TPSA) is 39.7 Å². The fraction of sp³-hybridized carbons (Fsp3) is 0.400. The van der Waals surface area contributed by atoms with Crippen molar-refractivity contribution in [2.75, 3.05) is 49.1 Å². The normalized spacial score (nSPS) is 17.7. The molecule has 0 atom stereocenters. The minimum atomic E-state index is 0.0561. The van der Waals surface area contributed by atoms with Crippen molar-refractivity contribution >= 4 is 29.0 Å². The van der Waals surface area contributed by atoms with Crippen LogP contribution in [0.5, 0.6) is 0 Å². The van der Waals surface area contributed by atoms with Crippen LogP contribution in [0.2, 0.25) is 5.02 Å². The Hall–Kier alpha value is -2.27. The highest BCUT2D eigenvalue weighted by atomic mass is 35.5. The molecule has 5 nitrogen and oxygen atoms in total. The van der Waals surface area contributed by atoms with E-state index in [9.17, 15) is 4.79 Å². The molecule has 2 saturated heterocycles. The standard InChI is InChI=1S/C20H23ClN4O/c21-17-15-16(6-7-18(17)23-9-3-4-10-23)20(26)25-13-11-24(12-14-25)19-5-1-2-8-22-19/h1-2,5-8,15H,3-4,9-14H2. The number of benzene rings is 1. The highest BCUT2D eigenvalue weighted by Gasteiger charge is 2.24. The number of pyridine rings is 1. The van der Waals surface area contributed by atoms with Gasteiger partial charge in [0, 0.05) is 51.0 Å². The molecule has 4 rings (SSSR count). The highest BCUT2D eigenvalue weighted by molar-refractivity contribution is 6.33. The zero-order valence-corrected chi connectivity index (χ0v) is 15.5. The van der Waals surface area contributed by atoms with E-state index in [2.05, 4.69) is 14.8 Å². The van der Waals surface area contributed by atoms with E-state index >= 15 is 0 Å². The first-order valence-corrected chi connectivity index (χ1v) is 9.60. The van der Waals surface area contributed by atoms with Crippen molar-refractivity contribution in [1.29, 1.82) is 0 Å². The van der Waals surface area contributed by atoms with Gasteiger partial charge in [-0.15, -0.1) is 0 Å². The van der Waals surface area contributed by atoms with E-state index in [4.69, 9.17) is 11.6 Å². The summed E-state index contributed by atoms with van der Waals surface area (Å²) in [4.78, 5) is 23.6. The van der Waals surface area contributed by atoms with Gasteiger partial charge in [-0.1, -0.05) is 17.7 Å². The minimum Gasteiger partial charge on any atom is -0.370 e. The summed E-state index contributed by atoms with van der Waals surface area (Å²) in [6.07, 6.45) is 4.21. The van der Waals surface area contributed by atoms with E-state index in [0.717, 1.165) is 37.7 Å². The molecule has 1 aromatic heterocycles. The highest BCUT2D eigenvalue weighted by Crippen LogP contribution is 2.30. The van der Waals surface area contributed by atoms with Crippen molar-refractivity contribution < 1.29 is 4.79 Å². The van der Waals surface area contributed by atoms with E-state index in [1.807, 2.05) is 41.3 Å². The van der Waals surface area contributed by atoms with Crippen molar-refractivity contribution in [2.45, 2.75) is 12.8 Å². The first-order chi connectivity index (χ1) is 12.7. The summed E-state index contributed by atoms with van der Waals surface area (Å²) < 4.78 is 0. The number of anilines is 2. The summed E-state index contributed by atoms with van der Waals surface area (Å²) >= 11 is 6.47. The van der Waals surface area contributed by atoms with Crippen LogP contribution in [0.25, 0.3) is 0 Å². The Morgan fingerprint density at radius 2 is 1.69 bits per heavy atom. The number of amides is 1. The summed E-state index contributed by atoms with van der Waals surface area (Å²) in [5.41, 5.74) is 1.71. The van der Waals surface area contributed by atoms with Crippen LogP contribution in [0.1, 0.15) is 23.2 Å². The maximum absolute atomic E-state index is 12.8. The number of rotatable bonds is 3. The monoisotopic (exact) mass is 370 g/mol. The Labute approximate surface area is 159 Å². The fourth-order valence-electron chi connectivity index (χ4n) is 3.72. The molecule has 2 aromatic rings. The third-order valence-electron chi connectivity index (χ3n) is 5.18. The average Bonchev–Trinajstić information content (AvgIpc) is 3.22. The molecule has 6 heteroatoms. The Morgan fingerprint density at radius 3 is 2.35 bits per heavy atom. The van der Waals surface area contributed by atoms with Crippen LogP contribution in [0.4, 0.5) is 11.5 Å². The summed E-state index contributed by atoms with van der Waals surface area (Å²) in [6.45, 7) is 5.07. The Kier molecular flexibility index (Phi) is 4.98. The van der Waals surface area contributed by atoms with E-state index in [1.165, 1.54) is 12.8 Å². The molecule has 3 heterocycles. The lowest BCUT2D eigenvalue weighted by Crippen LogP contribution is -2.49. The summed E-state index contributed by atoms with van der Waals surface area (Å²) in [5, 5.41) is 0.671. The molecule has 136 valence electrons. The Bertz CT molecular complexity index is 769. The predicted octanol–water partition coefficient (Wildman–Crippen LogP) is 3.30. The van der Waals surface area contributed by atoms with Gasteiger partial charge >= 0.3 is 0 Å². The van der Waals surface area contributed by atoms with Crippen molar-refractivity contribution in [3.63, 3.8) is 0 Å². The molecule has 0 unspecified atom stereocenters. The van der Waals surface area contributed by atoms with Crippen LogP contribution in [-0.2, 0) is 0 Å². The third kappa shape index (κ3) is 3.49. The fourth-order valence-corrected chi connectivity index (χ4v) is 4.02. The van der Waals surface area contributed by atoms with Gasteiger partial charge < -0.3 is 14.7 Å². The summed E-state index contributed by atoms with van der Waals surface area (Å²) in [6, 6.07) is 11.6. The molecule has 0 spiro atoms. The molecule has 1 aromatic carbocycles. The number of carbonyl (C=O) groups excluding carboxylic acids is 1. The van der Waals surface area contributed by atoms with Gasteiger partial charge in [-0.05, 0) is 43.2 Å². The van der Waals surface area contributed by atoms with Crippen LogP contribution in [0.3, 0.4) is 0 Å². The molecule has 2 aliphatic rings. The molecule has 0 radical (unpaired) electrons. The second-order valence-electron chi connectivity index (χ2n) is 6.83. The Morgan fingerprint density at radius 1 is 0.923 bits per heavy atom. The number of piperazine rings is 1. The molecule has 0 bridgehead atoms. The molecule has 0 N–H and O–H groups in total. The van der Waals surface area contributed by atoms with Crippen LogP contribution >= 0.6 is 11.6 Å². The molecule has 26 heavy (non-hydrogen) atoms. The molecular weight excluding hydrogens is 348 g/mol. The second-order valence-corrected chi connectivity index (χ2v) is 7.23. The number of aromatic nitrogens is 1. The van der Waals surface area contributed by atoms with Gasteiger partial charge in [0.1, 0.15) is 5.82 Å². The van der Waals surface area contributed by atoms with Gasteiger partial charge in [0.25, 0.3) is 5.91 Å². The van der Waals surface area contributed by atoms with Gasteiger partial charge in [0.05, 0.1) is 10.7 Å². The number of hydrogen-bond acceptors (Lipinski definition) is 4. The molecule has 2 aliphatic heterocycles. The van der Waals surface area contributed by atoms with Crippen molar-refractivity contribution in [3.8, 4) is 0 Å². The van der Waals surface area contributed by atoms with Gasteiger partial charge in [0.15, 0.2) is 0 Å². The zero-order valence-electron chi connectivity index (χ0n) is 14.8. The molecular formula is C20H23ClN4O. The number of carbonyl (C=O) groups is 1. The summed E-state index contributed by atoms with van der Waals surface area (Å²) in [5.74, 6) is 1.03. The minimum absolute atomic E-state index is 0.0561. The van der Waals surface area contributed by atoms with E-state index in [0.29, 0.717) is 23.7 Å². The van der Waals surface area contributed by atoms with Gasteiger partial charge in [-0.3, -0.25) is 4.79 Å². The van der Waals surface area contributed by atoms with E-state index < -0.39 is 0 Å². The lowest BCUT2D eigenvalue weighted by molar-refractivity contribution is 0.0746. The third-order valence-corrected chi connectivity index (χ3v) is 5.48. The van der Waals surface area contributed by atoms with Gasteiger partial charge in [-0.2, -0.15) is 0 Å². The average molecular weight is 371 g/mol. The number of halogens is 1. The first kappa shape index (κ1) is 17.2. The predicted molar refractivity (Wildman–Crippen MR) is 105 cm³/mol. The SMILES string of the molecule is O=C(c1ccc(N2CCCC2)c(Cl)c1)N1CCN(c2ccccn2)CC1. The second kappa shape index (κ2) is 7.54. The van der Waals surface area contributed by atoms with Crippen LogP contribution in [-0.4, -0.2) is 55.1 Å². The van der Waals surface area contributed by atoms with E-state index in [-0.39, 0.29) is 5.91 Å². The number of nitrogens with zero attached hydrogens (tertiary/aromatic N) is 4. The largest absolute Gasteiger partial charge is 0.370 e. The maximum Gasteiger partial charge on any atom is 0.254 e. The summed E-state index contributed by atoms with van der Waals surface area (Å²) in [7, 11) is 0. The molecule has 0 aliphatic carbocycles. The molecule has 2 fully saturated rings. The van der Waals surface area contributed by atoms with Crippen LogP contribution < -0.4 is 9.80 Å². The molecule has 1 amide bonds. The van der Waals surface area contributed by atoms with Crippen LogP contribution in [0, 0.1) is 0 Å². The first-order valence-electron chi connectivity index (χ1n) is 9.22. The lowest BCUT2D eigenvalue weighted by Gasteiger charge is -2.35. The van der Waals surface area contributed by atoms with Crippen molar-refractivity contribution in [1.82, 2.24) is 9.88 Å². The number of hydrogen-bond donors (Lipinski definition) is 0. The van der Waals surface area contributed by atoms with Crippen LogP contribution in [0.15, 0.2) is 42.6 Å². The van der Waals surface area contributed by atoms with Crippen molar-refractivity contribution in [3.05, 3.63) is 53.2 Å². The van der Waals surface area contributed by atoms with Crippen molar-refractivity contribution in [2.24, 2.45) is 0 Å². The molecule has 0 saturated carbocycles. The zero-order chi connectivity index (χ0) is 17.9. The quantitative estimate of drug-likeness (QED) is 0.831. The smallest absolute Gasteiger partial charge is 0.254 e. The van der Waals surface area contributed by atoms with Gasteiger partial charge in [0.2, 0.25) is 0 Å².